The number of ether oxygens (including phenoxy) is 2. The van der Waals surface area contributed by atoms with Crippen LogP contribution in [0, 0.1) is 17.0 Å². The highest BCUT2D eigenvalue weighted by Gasteiger charge is 2.35. The van der Waals surface area contributed by atoms with Gasteiger partial charge >= 0.3 is 5.69 Å². The van der Waals surface area contributed by atoms with E-state index in [-0.39, 0.29) is 29.5 Å². The van der Waals surface area contributed by atoms with Crippen molar-refractivity contribution in [2.75, 3.05) is 20.3 Å². The number of nitrogens with zero attached hydrogens (tertiary/aromatic N) is 2. The lowest BCUT2D eigenvalue weighted by molar-refractivity contribution is -0.385. The molecule has 1 saturated heterocycles. The molecule has 8 nitrogen and oxygen atoms in total. The first kappa shape index (κ1) is 20.4. The Hall–Kier alpha value is -3.33. The van der Waals surface area contributed by atoms with Crippen molar-refractivity contribution in [1.29, 1.82) is 0 Å². The molecule has 9 heteroatoms. The van der Waals surface area contributed by atoms with E-state index in [1.807, 2.05) is 31.2 Å². The summed E-state index contributed by atoms with van der Waals surface area (Å²) in [5.41, 5.74) is 1.32. The summed E-state index contributed by atoms with van der Waals surface area (Å²) in [4.78, 5) is 36.6. The summed E-state index contributed by atoms with van der Waals surface area (Å²) in [6.07, 6.45) is 1.46. The van der Waals surface area contributed by atoms with Gasteiger partial charge in [0, 0.05) is 6.07 Å². The molecular weight excluding hydrogens is 396 g/mol. The van der Waals surface area contributed by atoms with Crippen LogP contribution in [0.2, 0.25) is 0 Å². The number of benzene rings is 2. The number of hydrogen-bond donors (Lipinski definition) is 0. The van der Waals surface area contributed by atoms with E-state index in [4.69, 9.17) is 9.47 Å². The minimum atomic E-state index is -0.565. The Morgan fingerprint density at radius 2 is 1.90 bits per heavy atom. The Morgan fingerprint density at radius 3 is 2.55 bits per heavy atom. The van der Waals surface area contributed by atoms with Crippen molar-refractivity contribution < 1.29 is 24.0 Å². The SMILES string of the molecule is COc1ccc(/C=C2\SC(=O)N(CCOc3ccc(C)cc3)C2=O)cc1[N+](=O)[O-]. The Labute approximate surface area is 171 Å². The Morgan fingerprint density at radius 1 is 1.17 bits per heavy atom. The number of amides is 2. The lowest BCUT2D eigenvalue weighted by Gasteiger charge is -2.13. The van der Waals surface area contributed by atoms with Crippen molar-refractivity contribution >= 4 is 34.7 Å². The number of aryl methyl sites for hydroxylation is 1. The zero-order chi connectivity index (χ0) is 21.0. The summed E-state index contributed by atoms with van der Waals surface area (Å²) in [5.74, 6) is 0.322. The van der Waals surface area contributed by atoms with Crippen LogP contribution >= 0.6 is 11.8 Å². The van der Waals surface area contributed by atoms with Crippen LogP contribution in [0.1, 0.15) is 11.1 Å². The molecule has 2 aromatic carbocycles. The Balaban J connectivity index is 1.68. The molecule has 0 spiro atoms. The van der Waals surface area contributed by atoms with E-state index >= 15 is 0 Å². The van der Waals surface area contributed by atoms with E-state index in [9.17, 15) is 19.7 Å². The lowest BCUT2D eigenvalue weighted by Crippen LogP contribution is -2.32. The van der Waals surface area contributed by atoms with E-state index in [0.717, 1.165) is 22.2 Å². The molecular formula is C20H18N2O6S. The van der Waals surface area contributed by atoms with E-state index in [0.29, 0.717) is 11.3 Å². The third-order valence-corrected chi connectivity index (χ3v) is 5.08. The molecule has 150 valence electrons. The number of imide groups is 1. The molecule has 0 unspecified atom stereocenters. The van der Waals surface area contributed by atoms with Gasteiger partial charge in [-0.05, 0) is 48.5 Å². The number of nitro groups is 1. The zero-order valence-electron chi connectivity index (χ0n) is 15.8. The molecule has 0 aliphatic carbocycles. The van der Waals surface area contributed by atoms with E-state index in [1.54, 1.807) is 6.07 Å². The second kappa shape index (κ2) is 8.78. The maximum atomic E-state index is 12.6. The van der Waals surface area contributed by atoms with Crippen molar-refractivity contribution in [2.45, 2.75) is 6.92 Å². The Bertz CT molecular complexity index is 987. The minimum Gasteiger partial charge on any atom is -0.492 e. The van der Waals surface area contributed by atoms with Gasteiger partial charge in [0.15, 0.2) is 5.75 Å². The molecule has 1 aliphatic rings. The van der Waals surface area contributed by atoms with Gasteiger partial charge in [-0.15, -0.1) is 0 Å². The monoisotopic (exact) mass is 414 g/mol. The topological polar surface area (TPSA) is 99.0 Å². The van der Waals surface area contributed by atoms with Crippen LogP contribution in [-0.4, -0.2) is 41.2 Å². The molecule has 1 aliphatic heterocycles. The van der Waals surface area contributed by atoms with Gasteiger partial charge in [-0.1, -0.05) is 23.8 Å². The fourth-order valence-electron chi connectivity index (χ4n) is 2.67. The predicted octanol–water partition coefficient (Wildman–Crippen LogP) is 4.03. The molecule has 0 aromatic heterocycles. The molecule has 0 N–H and O–H groups in total. The largest absolute Gasteiger partial charge is 0.492 e. The Kier molecular flexibility index (Phi) is 6.18. The van der Waals surface area contributed by atoms with Crippen LogP contribution in [0.3, 0.4) is 0 Å². The number of methoxy groups -OCH3 is 1. The normalized spacial score (nSPS) is 15.1. The van der Waals surface area contributed by atoms with Gasteiger partial charge < -0.3 is 9.47 Å². The third kappa shape index (κ3) is 4.75. The van der Waals surface area contributed by atoms with E-state index in [1.165, 1.54) is 25.3 Å². The molecule has 1 fully saturated rings. The molecule has 0 radical (unpaired) electrons. The van der Waals surface area contributed by atoms with Crippen LogP contribution in [0.4, 0.5) is 10.5 Å². The summed E-state index contributed by atoms with van der Waals surface area (Å²) in [5, 5.41) is 10.7. The maximum absolute atomic E-state index is 12.6. The molecule has 1 heterocycles. The average Bonchev–Trinajstić information content (AvgIpc) is 2.96. The van der Waals surface area contributed by atoms with Crippen LogP contribution in [0.25, 0.3) is 6.08 Å². The van der Waals surface area contributed by atoms with Gasteiger partial charge in [0.25, 0.3) is 11.1 Å². The maximum Gasteiger partial charge on any atom is 0.311 e. The number of nitro benzene ring substituents is 1. The van der Waals surface area contributed by atoms with Gasteiger partial charge in [-0.3, -0.25) is 24.6 Å². The number of thioether (sulfide) groups is 1. The molecule has 2 aromatic rings. The lowest BCUT2D eigenvalue weighted by atomic mass is 10.1. The van der Waals surface area contributed by atoms with Gasteiger partial charge in [0.05, 0.1) is 23.5 Å². The summed E-state index contributed by atoms with van der Waals surface area (Å²) in [6.45, 7) is 2.24. The van der Waals surface area contributed by atoms with Gasteiger partial charge in [-0.25, -0.2) is 0 Å². The summed E-state index contributed by atoms with van der Waals surface area (Å²) in [7, 11) is 1.34. The van der Waals surface area contributed by atoms with Crippen LogP contribution in [0.5, 0.6) is 11.5 Å². The smallest absolute Gasteiger partial charge is 0.311 e. The van der Waals surface area contributed by atoms with Gasteiger partial charge in [-0.2, -0.15) is 0 Å². The first-order chi connectivity index (χ1) is 13.9. The second-order valence-electron chi connectivity index (χ2n) is 6.18. The van der Waals surface area contributed by atoms with Crippen molar-refractivity contribution in [3.63, 3.8) is 0 Å². The summed E-state index contributed by atoms with van der Waals surface area (Å²) in [6, 6.07) is 11.8. The van der Waals surface area contributed by atoms with Crippen molar-refractivity contribution in [3.8, 4) is 11.5 Å². The molecule has 0 atom stereocenters. The van der Waals surface area contributed by atoms with Gasteiger partial charge in [0.1, 0.15) is 12.4 Å². The first-order valence-corrected chi connectivity index (χ1v) is 9.48. The summed E-state index contributed by atoms with van der Waals surface area (Å²) >= 11 is 0.791. The van der Waals surface area contributed by atoms with Crippen molar-refractivity contribution in [1.82, 2.24) is 4.90 Å². The zero-order valence-corrected chi connectivity index (χ0v) is 16.6. The standard InChI is InChI=1S/C20H18N2O6S/c1-13-3-6-15(7-4-13)28-10-9-21-19(23)18(29-20(21)24)12-14-5-8-17(27-2)16(11-14)22(25)26/h3-8,11-12H,9-10H2,1-2H3/b18-12-. The predicted molar refractivity (Wildman–Crippen MR) is 109 cm³/mol. The first-order valence-electron chi connectivity index (χ1n) is 8.66. The summed E-state index contributed by atoms with van der Waals surface area (Å²) < 4.78 is 10.5. The molecule has 3 rings (SSSR count). The number of rotatable bonds is 7. The minimum absolute atomic E-state index is 0.110. The van der Waals surface area contributed by atoms with E-state index in [2.05, 4.69) is 0 Å². The molecule has 29 heavy (non-hydrogen) atoms. The molecule has 2 amide bonds. The number of carbonyl (C=O) groups excluding carboxylic acids is 2. The van der Waals surface area contributed by atoms with Crippen molar-refractivity contribution in [2.24, 2.45) is 0 Å². The van der Waals surface area contributed by atoms with Crippen LogP contribution < -0.4 is 9.47 Å². The van der Waals surface area contributed by atoms with E-state index < -0.39 is 16.1 Å². The quantitative estimate of drug-likeness (QED) is 0.383. The van der Waals surface area contributed by atoms with Gasteiger partial charge in [0.2, 0.25) is 0 Å². The fourth-order valence-corrected chi connectivity index (χ4v) is 3.54. The number of carbonyl (C=O) groups is 2. The highest BCUT2D eigenvalue weighted by atomic mass is 32.2. The highest BCUT2D eigenvalue weighted by molar-refractivity contribution is 8.18. The second-order valence-corrected chi connectivity index (χ2v) is 7.18. The van der Waals surface area contributed by atoms with Crippen molar-refractivity contribution in [3.05, 3.63) is 68.6 Å². The van der Waals surface area contributed by atoms with Crippen LogP contribution in [0.15, 0.2) is 47.4 Å². The molecule has 0 bridgehead atoms. The third-order valence-electron chi connectivity index (χ3n) is 4.18. The highest BCUT2D eigenvalue weighted by Crippen LogP contribution is 2.34. The average molecular weight is 414 g/mol. The van der Waals surface area contributed by atoms with Crippen LogP contribution in [-0.2, 0) is 4.79 Å². The fraction of sp³-hybridized carbons (Fsp3) is 0.200. The molecule has 0 saturated carbocycles. The number of hydrogen-bond acceptors (Lipinski definition) is 7.